The normalized spacial score (nSPS) is 11.2. The molecule has 0 aromatic heterocycles. The number of nitrogens with zero attached hydrogens (tertiary/aromatic N) is 1. The van der Waals surface area contributed by atoms with Gasteiger partial charge in [0.1, 0.15) is 0 Å². The van der Waals surface area contributed by atoms with Crippen molar-refractivity contribution in [3.63, 3.8) is 0 Å². The molecule has 6 nitrogen and oxygen atoms in total. The molecule has 0 fully saturated rings. The Kier molecular flexibility index (Phi) is 13.2. The molecule has 0 radical (unpaired) electrons. The summed E-state index contributed by atoms with van der Waals surface area (Å²) in [6.45, 7) is 7.81. The lowest BCUT2D eigenvalue weighted by molar-refractivity contribution is -0.120. The van der Waals surface area contributed by atoms with Gasteiger partial charge in [0.15, 0.2) is 5.96 Å². The lowest BCUT2D eigenvalue weighted by atomic mass is 10.3. The molecule has 0 bridgehead atoms. The summed E-state index contributed by atoms with van der Waals surface area (Å²) in [6.07, 6.45) is 3.50. The molecule has 0 aliphatic carbocycles. The molecule has 0 aromatic rings. The Bertz CT molecular complexity index is 270. The van der Waals surface area contributed by atoms with Crippen LogP contribution in [0.2, 0.25) is 0 Å². The maximum absolute atomic E-state index is 11.4. The summed E-state index contributed by atoms with van der Waals surface area (Å²) in [6, 6.07) is 0. The molecule has 0 unspecified atom stereocenters. The van der Waals surface area contributed by atoms with Crippen LogP contribution in [-0.2, 0) is 9.53 Å². The van der Waals surface area contributed by atoms with Crippen LogP contribution >= 0.6 is 0 Å². The second-order valence-electron chi connectivity index (χ2n) is 4.43. The third kappa shape index (κ3) is 11.8. The van der Waals surface area contributed by atoms with Crippen molar-refractivity contribution in [1.29, 1.82) is 0 Å². The van der Waals surface area contributed by atoms with Crippen molar-refractivity contribution in [3.05, 3.63) is 0 Å². The maximum atomic E-state index is 11.4. The minimum Gasteiger partial charge on any atom is -0.382 e. The topological polar surface area (TPSA) is 74.8 Å². The van der Waals surface area contributed by atoms with Crippen molar-refractivity contribution in [3.8, 4) is 0 Å². The molecule has 0 atom stereocenters. The number of aliphatic imine (C=N–C) groups is 1. The molecule has 0 heterocycles. The highest BCUT2D eigenvalue weighted by Crippen LogP contribution is 1.88. The van der Waals surface area contributed by atoms with E-state index < -0.39 is 0 Å². The first kappa shape index (κ1) is 18.7. The zero-order chi connectivity index (χ0) is 15.1. The quantitative estimate of drug-likeness (QED) is 0.299. The van der Waals surface area contributed by atoms with Gasteiger partial charge in [-0.05, 0) is 26.2 Å². The zero-order valence-electron chi connectivity index (χ0n) is 13.1. The van der Waals surface area contributed by atoms with Crippen molar-refractivity contribution >= 4 is 11.9 Å². The van der Waals surface area contributed by atoms with E-state index in [-0.39, 0.29) is 5.91 Å². The second kappa shape index (κ2) is 14.1. The first-order valence-corrected chi connectivity index (χ1v) is 7.53. The summed E-state index contributed by atoms with van der Waals surface area (Å²) in [5.41, 5.74) is 0. The molecule has 0 saturated carbocycles. The number of unbranched alkanes of at least 4 members (excludes halogenated alkanes) is 1. The van der Waals surface area contributed by atoms with Crippen LogP contribution in [0.1, 0.15) is 39.5 Å². The Morgan fingerprint density at radius 1 is 1.05 bits per heavy atom. The molecule has 0 aliphatic rings. The minimum atomic E-state index is 0.0755. The number of amides is 1. The highest BCUT2D eigenvalue weighted by Gasteiger charge is 2.01. The van der Waals surface area contributed by atoms with Crippen molar-refractivity contribution < 1.29 is 9.53 Å². The predicted octanol–water partition coefficient (Wildman–Crippen LogP) is 0.884. The lowest BCUT2D eigenvalue weighted by Gasteiger charge is -2.11. The highest BCUT2D eigenvalue weighted by atomic mass is 16.5. The summed E-state index contributed by atoms with van der Waals surface area (Å²) in [7, 11) is 1.73. The van der Waals surface area contributed by atoms with E-state index in [0.29, 0.717) is 13.0 Å². The molecule has 0 rings (SSSR count). The molecule has 6 heteroatoms. The Morgan fingerprint density at radius 3 is 2.45 bits per heavy atom. The van der Waals surface area contributed by atoms with E-state index in [0.717, 1.165) is 51.5 Å². The summed E-state index contributed by atoms with van der Waals surface area (Å²) in [5, 5.41) is 9.18. The fourth-order valence-electron chi connectivity index (χ4n) is 1.55. The smallest absolute Gasteiger partial charge is 0.221 e. The van der Waals surface area contributed by atoms with Gasteiger partial charge in [-0.3, -0.25) is 9.79 Å². The monoisotopic (exact) mass is 286 g/mol. The molecular weight excluding hydrogens is 256 g/mol. The number of carbonyl (C=O) groups is 1. The molecule has 0 spiro atoms. The van der Waals surface area contributed by atoms with Crippen molar-refractivity contribution in [2.75, 3.05) is 39.9 Å². The number of hydrogen-bond donors (Lipinski definition) is 3. The Hall–Kier alpha value is -1.30. The SMILES string of the molecule is CCCNC(=O)CCNC(=NC)NCCCCOCC. The summed E-state index contributed by atoms with van der Waals surface area (Å²) in [5.74, 6) is 0.816. The molecule has 118 valence electrons. The van der Waals surface area contributed by atoms with Gasteiger partial charge in [0, 0.05) is 46.3 Å². The van der Waals surface area contributed by atoms with E-state index in [4.69, 9.17) is 4.74 Å². The minimum absolute atomic E-state index is 0.0755. The van der Waals surface area contributed by atoms with E-state index in [1.165, 1.54) is 0 Å². The van der Waals surface area contributed by atoms with Gasteiger partial charge in [-0.2, -0.15) is 0 Å². The van der Waals surface area contributed by atoms with Crippen LogP contribution < -0.4 is 16.0 Å². The van der Waals surface area contributed by atoms with Crippen molar-refractivity contribution in [1.82, 2.24) is 16.0 Å². The zero-order valence-corrected chi connectivity index (χ0v) is 13.1. The van der Waals surface area contributed by atoms with E-state index in [9.17, 15) is 4.79 Å². The average molecular weight is 286 g/mol. The van der Waals surface area contributed by atoms with Gasteiger partial charge >= 0.3 is 0 Å². The number of carbonyl (C=O) groups excluding carboxylic acids is 1. The van der Waals surface area contributed by atoms with Gasteiger partial charge in [0.05, 0.1) is 0 Å². The summed E-state index contributed by atoms with van der Waals surface area (Å²) < 4.78 is 5.27. The predicted molar refractivity (Wildman–Crippen MR) is 83.0 cm³/mol. The molecule has 0 aliphatic heterocycles. The number of guanidine groups is 1. The second-order valence-corrected chi connectivity index (χ2v) is 4.43. The van der Waals surface area contributed by atoms with Gasteiger partial charge in [-0.25, -0.2) is 0 Å². The third-order valence-corrected chi connectivity index (χ3v) is 2.65. The maximum Gasteiger partial charge on any atom is 0.221 e. The largest absolute Gasteiger partial charge is 0.382 e. The van der Waals surface area contributed by atoms with Crippen LogP contribution in [-0.4, -0.2) is 51.8 Å². The van der Waals surface area contributed by atoms with Gasteiger partial charge in [0.2, 0.25) is 5.91 Å². The number of rotatable bonds is 11. The summed E-state index contributed by atoms with van der Waals surface area (Å²) in [4.78, 5) is 15.5. The van der Waals surface area contributed by atoms with Gasteiger partial charge in [-0.1, -0.05) is 6.92 Å². The third-order valence-electron chi connectivity index (χ3n) is 2.65. The lowest BCUT2D eigenvalue weighted by Crippen LogP contribution is -2.39. The number of ether oxygens (including phenoxy) is 1. The Morgan fingerprint density at radius 2 is 1.80 bits per heavy atom. The first-order valence-electron chi connectivity index (χ1n) is 7.53. The Balaban J connectivity index is 3.55. The molecule has 1 amide bonds. The van der Waals surface area contributed by atoms with Crippen LogP contribution in [0.5, 0.6) is 0 Å². The number of nitrogens with one attached hydrogen (secondary N) is 3. The first-order chi connectivity index (χ1) is 9.74. The van der Waals surface area contributed by atoms with Crippen molar-refractivity contribution in [2.24, 2.45) is 4.99 Å². The standard InChI is InChI=1S/C14H30N4O2/c1-4-9-16-13(19)8-11-18-14(15-3)17-10-6-7-12-20-5-2/h4-12H2,1-3H3,(H,16,19)(H2,15,17,18). The van der Waals surface area contributed by atoms with Crippen molar-refractivity contribution in [2.45, 2.75) is 39.5 Å². The molecule has 0 aromatic carbocycles. The van der Waals surface area contributed by atoms with Crippen LogP contribution in [0.15, 0.2) is 4.99 Å². The highest BCUT2D eigenvalue weighted by molar-refractivity contribution is 5.81. The van der Waals surface area contributed by atoms with E-state index in [1.54, 1.807) is 7.05 Å². The van der Waals surface area contributed by atoms with Crippen LogP contribution in [0.25, 0.3) is 0 Å². The molecule has 3 N–H and O–H groups in total. The average Bonchev–Trinajstić information content (AvgIpc) is 2.46. The van der Waals surface area contributed by atoms with Crippen LogP contribution in [0, 0.1) is 0 Å². The van der Waals surface area contributed by atoms with Crippen LogP contribution in [0.4, 0.5) is 0 Å². The van der Waals surface area contributed by atoms with E-state index in [1.807, 2.05) is 13.8 Å². The number of hydrogen-bond acceptors (Lipinski definition) is 3. The molecule has 0 saturated heterocycles. The van der Waals surface area contributed by atoms with E-state index in [2.05, 4.69) is 20.9 Å². The molecule has 20 heavy (non-hydrogen) atoms. The van der Waals surface area contributed by atoms with Gasteiger partial charge in [0.25, 0.3) is 0 Å². The fourth-order valence-corrected chi connectivity index (χ4v) is 1.55. The Labute approximate surface area is 122 Å². The molecular formula is C14H30N4O2. The van der Waals surface area contributed by atoms with E-state index >= 15 is 0 Å². The summed E-state index contributed by atoms with van der Waals surface area (Å²) >= 11 is 0. The van der Waals surface area contributed by atoms with Crippen LogP contribution in [0.3, 0.4) is 0 Å². The van der Waals surface area contributed by atoms with Gasteiger partial charge in [-0.15, -0.1) is 0 Å². The van der Waals surface area contributed by atoms with Gasteiger partial charge < -0.3 is 20.7 Å². The fraction of sp³-hybridized carbons (Fsp3) is 0.857.